The standard InChI is InChI=1S/C11H13N3O.C5H11NO2S/c1-6-11(7(2)15-14-6)8-3-4-9(12)10(13)5-8;1-9(7,8)6-4-2-3-5-6/h3-5H,12-13H2,1-2H3;2-5H2,1H3. The summed E-state index contributed by atoms with van der Waals surface area (Å²) < 4.78 is 28.1. The summed E-state index contributed by atoms with van der Waals surface area (Å²) in [5.74, 6) is 0.789. The van der Waals surface area contributed by atoms with E-state index in [-0.39, 0.29) is 0 Å². The average Bonchev–Trinajstić information content (AvgIpc) is 3.13. The van der Waals surface area contributed by atoms with Crippen LogP contribution in [0.1, 0.15) is 24.3 Å². The summed E-state index contributed by atoms with van der Waals surface area (Å²) in [6.07, 6.45) is 3.30. The van der Waals surface area contributed by atoms with Crippen molar-refractivity contribution in [2.45, 2.75) is 26.7 Å². The Kier molecular flexibility index (Phi) is 5.51. The fraction of sp³-hybridized carbons (Fsp3) is 0.438. The number of hydrogen-bond donors (Lipinski definition) is 2. The Hall–Kier alpha value is -2.06. The first-order valence-corrected chi connectivity index (χ1v) is 9.58. The maximum Gasteiger partial charge on any atom is 0.211 e. The zero-order chi connectivity index (χ0) is 17.9. The van der Waals surface area contributed by atoms with Gasteiger partial charge in [0, 0.05) is 18.7 Å². The second-order valence-corrected chi connectivity index (χ2v) is 7.89. The van der Waals surface area contributed by atoms with Gasteiger partial charge in [-0.15, -0.1) is 0 Å². The lowest BCUT2D eigenvalue weighted by Crippen LogP contribution is -2.26. The van der Waals surface area contributed by atoms with Crippen LogP contribution in [0.4, 0.5) is 11.4 Å². The number of aryl methyl sites for hydroxylation is 2. The van der Waals surface area contributed by atoms with Gasteiger partial charge in [-0.3, -0.25) is 0 Å². The lowest BCUT2D eigenvalue weighted by molar-refractivity contribution is 0.393. The van der Waals surface area contributed by atoms with E-state index in [4.69, 9.17) is 16.0 Å². The molecule has 3 rings (SSSR count). The SMILES string of the molecule is CS(=O)(=O)N1CCCC1.Cc1noc(C)c1-c1ccc(N)c(N)c1. The van der Waals surface area contributed by atoms with Crippen molar-refractivity contribution in [3.63, 3.8) is 0 Å². The Morgan fingerprint density at radius 3 is 2.17 bits per heavy atom. The Labute approximate surface area is 142 Å². The van der Waals surface area contributed by atoms with E-state index in [0.29, 0.717) is 11.4 Å². The molecule has 0 bridgehead atoms. The molecule has 1 saturated heterocycles. The summed E-state index contributed by atoms with van der Waals surface area (Å²) in [6, 6.07) is 5.54. The number of benzene rings is 1. The summed E-state index contributed by atoms with van der Waals surface area (Å²) in [6.45, 7) is 5.22. The van der Waals surface area contributed by atoms with E-state index >= 15 is 0 Å². The number of nitrogens with two attached hydrogens (primary N) is 2. The maximum atomic E-state index is 10.8. The van der Waals surface area contributed by atoms with Gasteiger partial charge in [0.15, 0.2) is 0 Å². The number of rotatable bonds is 2. The topological polar surface area (TPSA) is 115 Å². The molecule has 0 spiro atoms. The third kappa shape index (κ3) is 4.27. The van der Waals surface area contributed by atoms with E-state index in [1.54, 1.807) is 6.07 Å². The van der Waals surface area contributed by atoms with Crippen LogP contribution in [0.15, 0.2) is 22.7 Å². The molecule has 1 aliphatic rings. The van der Waals surface area contributed by atoms with Crippen molar-refractivity contribution in [1.29, 1.82) is 0 Å². The third-order valence-corrected chi connectivity index (χ3v) is 5.25. The molecular weight excluding hydrogens is 328 g/mol. The van der Waals surface area contributed by atoms with Gasteiger partial charge in [-0.1, -0.05) is 11.2 Å². The smallest absolute Gasteiger partial charge is 0.211 e. The molecule has 1 aromatic heterocycles. The first-order chi connectivity index (χ1) is 11.2. The average molecular weight is 352 g/mol. The first-order valence-electron chi connectivity index (χ1n) is 7.73. The predicted molar refractivity (Wildman–Crippen MR) is 95.9 cm³/mol. The van der Waals surface area contributed by atoms with Crippen LogP contribution >= 0.6 is 0 Å². The van der Waals surface area contributed by atoms with Crippen LogP contribution < -0.4 is 11.5 Å². The van der Waals surface area contributed by atoms with Crippen molar-refractivity contribution in [3.05, 3.63) is 29.7 Å². The lowest BCUT2D eigenvalue weighted by Gasteiger charge is -2.09. The molecule has 1 aromatic carbocycles. The summed E-state index contributed by atoms with van der Waals surface area (Å²) >= 11 is 0. The predicted octanol–water partition coefficient (Wildman–Crippen LogP) is 2.16. The Morgan fingerprint density at radius 1 is 1.12 bits per heavy atom. The van der Waals surface area contributed by atoms with Crippen molar-refractivity contribution in [2.75, 3.05) is 30.8 Å². The van der Waals surface area contributed by atoms with E-state index in [2.05, 4.69) is 5.16 Å². The molecule has 0 unspecified atom stereocenters. The number of aromatic nitrogens is 1. The molecule has 1 fully saturated rings. The highest BCUT2D eigenvalue weighted by molar-refractivity contribution is 7.88. The van der Waals surface area contributed by atoms with Crippen LogP contribution in [-0.4, -0.2) is 37.2 Å². The number of hydrogen-bond acceptors (Lipinski definition) is 6. The molecule has 0 atom stereocenters. The first kappa shape index (κ1) is 18.3. The third-order valence-electron chi connectivity index (χ3n) is 3.94. The number of nitrogens with zero attached hydrogens (tertiary/aromatic N) is 2. The molecule has 4 N–H and O–H groups in total. The number of nitrogen functional groups attached to an aromatic ring is 2. The summed E-state index contributed by atoms with van der Waals surface area (Å²) in [7, 11) is -2.87. The van der Waals surface area contributed by atoms with Crippen LogP contribution in [0.2, 0.25) is 0 Å². The minimum Gasteiger partial charge on any atom is -0.397 e. The van der Waals surface area contributed by atoms with Crippen molar-refractivity contribution < 1.29 is 12.9 Å². The van der Waals surface area contributed by atoms with E-state index in [1.807, 2.05) is 26.0 Å². The van der Waals surface area contributed by atoms with Crippen LogP contribution in [-0.2, 0) is 10.0 Å². The number of anilines is 2. The van der Waals surface area contributed by atoms with Crippen molar-refractivity contribution in [2.24, 2.45) is 0 Å². The second-order valence-electron chi connectivity index (χ2n) is 5.91. The van der Waals surface area contributed by atoms with Gasteiger partial charge in [-0.2, -0.15) is 0 Å². The van der Waals surface area contributed by atoms with E-state index in [9.17, 15) is 8.42 Å². The van der Waals surface area contributed by atoms with Gasteiger partial charge in [0.25, 0.3) is 0 Å². The Morgan fingerprint density at radius 2 is 1.75 bits per heavy atom. The highest BCUT2D eigenvalue weighted by Crippen LogP contribution is 2.29. The van der Waals surface area contributed by atoms with Gasteiger partial charge in [-0.25, -0.2) is 12.7 Å². The minimum absolute atomic E-state index is 0.576. The van der Waals surface area contributed by atoms with Gasteiger partial charge < -0.3 is 16.0 Å². The van der Waals surface area contributed by atoms with Gasteiger partial charge in [0.05, 0.1) is 23.3 Å². The number of sulfonamides is 1. The zero-order valence-corrected chi connectivity index (χ0v) is 15.1. The highest BCUT2D eigenvalue weighted by Gasteiger charge is 2.19. The van der Waals surface area contributed by atoms with E-state index < -0.39 is 10.0 Å². The highest BCUT2D eigenvalue weighted by atomic mass is 32.2. The summed E-state index contributed by atoms with van der Waals surface area (Å²) in [5, 5.41) is 3.90. The zero-order valence-electron chi connectivity index (χ0n) is 14.2. The van der Waals surface area contributed by atoms with Gasteiger partial charge in [0.2, 0.25) is 10.0 Å². The normalized spacial score (nSPS) is 15.1. The van der Waals surface area contributed by atoms with E-state index in [1.165, 1.54) is 10.6 Å². The van der Waals surface area contributed by atoms with Gasteiger partial charge in [-0.05, 0) is 44.4 Å². The largest absolute Gasteiger partial charge is 0.397 e. The molecule has 8 heteroatoms. The lowest BCUT2D eigenvalue weighted by atomic mass is 10.0. The van der Waals surface area contributed by atoms with Crippen LogP contribution in [0.5, 0.6) is 0 Å². The fourth-order valence-electron chi connectivity index (χ4n) is 2.65. The molecule has 2 aromatic rings. The maximum absolute atomic E-state index is 10.8. The Bertz CT molecular complexity index is 789. The van der Waals surface area contributed by atoms with Crippen LogP contribution in [0.25, 0.3) is 11.1 Å². The van der Waals surface area contributed by atoms with Crippen LogP contribution in [0.3, 0.4) is 0 Å². The molecular formula is C16H24N4O3S. The minimum atomic E-state index is -2.87. The van der Waals surface area contributed by atoms with Crippen molar-refractivity contribution in [1.82, 2.24) is 9.46 Å². The summed E-state index contributed by atoms with van der Waals surface area (Å²) in [5.41, 5.74) is 15.4. The molecule has 1 aliphatic heterocycles. The van der Waals surface area contributed by atoms with Crippen molar-refractivity contribution in [3.8, 4) is 11.1 Å². The molecule has 2 heterocycles. The molecule has 132 valence electrons. The molecule has 24 heavy (non-hydrogen) atoms. The summed E-state index contributed by atoms with van der Waals surface area (Å²) in [4.78, 5) is 0. The molecule has 0 amide bonds. The quantitative estimate of drug-likeness (QED) is 0.800. The molecule has 0 saturated carbocycles. The van der Waals surface area contributed by atoms with E-state index in [0.717, 1.165) is 48.5 Å². The van der Waals surface area contributed by atoms with Gasteiger partial charge in [0.1, 0.15) is 5.76 Å². The fourth-order valence-corrected chi connectivity index (χ4v) is 3.57. The molecule has 0 radical (unpaired) electrons. The second kappa shape index (κ2) is 7.23. The van der Waals surface area contributed by atoms with Crippen LogP contribution in [0, 0.1) is 13.8 Å². The molecule has 7 nitrogen and oxygen atoms in total. The van der Waals surface area contributed by atoms with Crippen molar-refractivity contribution >= 4 is 21.4 Å². The monoisotopic (exact) mass is 352 g/mol. The molecule has 0 aliphatic carbocycles. The Balaban J connectivity index is 0.000000198. The van der Waals surface area contributed by atoms with Gasteiger partial charge >= 0.3 is 0 Å².